The van der Waals surface area contributed by atoms with Crippen LogP contribution in [-0.4, -0.2) is 68.4 Å². The van der Waals surface area contributed by atoms with Gasteiger partial charge in [-0.2, -0.15) is 0 Å². The lowest BCUT2D eigenvalue weighted by Crippen LogP contribution is -2.55. The number of methoxy groups -OCH3 is 1. The standard InChI is InChI=1S/C16H25N3O3/c1-16(2)11-19(9-12(22-16)10-21-5)15(20)13-8-17-7-6-14(13)18(3)4/h6-8,12H,9-11H2,1-5H3/t12-/m0/s1. The fraction of sp³-hybridized carbons (Fsp3) is 0.625. The van der Waals surface area contributed by atoms with Crippen molar-refractivity contribution in [3.05, 3.63) is 24.0 Å². The Morgan fingerprint density at radius 2 is 2.27 bits per heavy atom. The molecule has 6 nitrogen and oxygen atoms in total. The van der Waals surface area contributed by atoms with Crippen LogP contribution in [0.1, 0.15) is 24.2 Å². The normalized spacial score (nSPS) is 20.8. The number of anilines is 1. The summed E-state index contributed by atoms with van der Waals surface area (Å²) in [7, 11) is 5.48. The Morgan fingerprint density at radius 3 is 2.91 bits per heavy atom. The first-order chi connectivity index (χ1) is 10.3. The van der Waals surface area contributed by atoms with Gasteiger partial charge >= 0.3 is 0 Å². The van der Waals surface area contributed by atoms with E-state index in [-0.39, 0.29) is 12.0 Å². The van der Waals surface area contributed by atoms with Crippen LogP contribution in [0.4, 0.5) is 5.69 Å². The molecule has 0 unspecified atom stereocenters. The third-order valence-corrected chi connectivity index (χ3v) is 3.63. The van der Waals surface area contributed by atoms with Gasteiger partial charge in [0.15, 0.2) is 0 Å². The summed E-state index contributed by atoms with van der Waals surface area (Å²) in [5.74, 6) is -0.0192. The van der Waals surface area contributed by atoms with Crippen molar-refractivity contribution in [3.63, 3.8) is 0 Å². The largest absolute Gasteiger partial charge is 0.382 e. The van der Waals surface area contributed by atoms with Gasteiger partial charge in [-0.3, -0.25) is 9.78 Å². The highest BCUT2D eigenvalue weighted by Crippen LogP contribution is 2.25. The second-order valence-corrected chi connectivity index (χ2v) is 6.43. The summed E-state index contributed by atoms with van der Waals surface area (Å²) in [6, 6.07) is 1.85. The lowest BCUT2D eigenvalue weighted by Gasteiger charge is -2.42. The van der Waals surface area contributed by atoms with Crippen LogP contribution < -0.4 is 4.90 Å². The molecule has 2 heterocycles. The van der Waals surface area contributed by atoms with E-state index >= 15 is 0 Å². The first-order valence-corrected chi connectivity index (χ1v) is 7.41. The molecular weight excluding hydrogens is 282 g/mol. The topological polar surface area (TPSA) is 54.9 Å². The Bertz CT molecular complexity index is 531. The lowest BCUT2D eigenvalue weighted by molar-refractivity contribution is -0.143. The van der Waals surface area contributed by atoms with Crippen LogP contribution in [0.15, 0.2) is 18.5 Å². The Labute approximate surface area is 132 Å². The number of amides is 1. The number of hydrogen-bond donors (Lipinski definition) is 0. The van der Waals surface area contributed by atoms with E-state index < -0.39 is 5.60 Å². The van der Waals surface area contributed by atoms with E-state index in [4.69, 9.17) is 9.47 Å². The summed E-state index contributed by atoms with van der Waals surface area (Å²) in [6.45, 7) is 5.53. The Hall–Kier alpha value is -1.66. The molecule has 22 heavy (non-hydrogen) atoms. The summed E-state index contributed by atoms with van der Waals surface area (Å²) >= 11 is 0. The molecule has 0 bridgehead atoms. The van der Waals surface area contributed by atoms with E-state index in [9.17, 15) is 4.79 Å². The number of hydrogen-bond acceptors (Lipinski definition) is 5. The van der Waals surface area contributed by atoms with Crippen LogP contribution in [0.3, 0.4) is 0 Å². The van der Waals surface area contributed by atoms with Crippen molar-refractivity contribution < 1.29 is 14.3 Å². The number of morpholine rings is 1. The molecule has 1 atom stereocenters. The molecule has 0 N–H and O–H groups in total. The maximum absolute atomic E-state index is 12.9. The summed E-state index contributed by atoms with van der Waals surface area (Å²) in [5.41, 5.74) is 1.09. The average Bonchev–Trinajstić information content (AvgIpc) is 2.45. The van der Waals surface area contributed by atoms with Crippen LogP contribution in [-0.2, 0) is 9.47 Å². The number of carbonyl (C=O) groups excluding carboxylic acids is 1. The van der Waals surface area contributed by atoms with E-state index in [1.165, 1.54) is 0 Å². The number of carbonyl (C=O) groups is 1. The second kappa shape index (κ2) is 6.62. The Balaban J connectivity index is 2.25. The van der Waals surface area contributed by atoms with Crippen molar-refractivity contribution in [1.82, 2.24) is 9.88 Å². The highest BCUT2D eigenvalue weighted by molar-refractivity contribution is 5.99. The number of aromatic nitrogens is 1. The third kappa shape index (κ3) is 3.75. The zero-order valence-corrected chi connectivity index (χ0v) is 14.0. The lowest BCUT2D eigenvalue weighted by atomic mass is 10.0. The van der Waals surface area contributed by atoms with Crippen LogP contribution in [0, 0.1) is 0 Å². The van der Waals surface area contributed by atoms with Gasteiger partial charge in [0.2, 0.25) is 0 Å². The zero-order valence-electron chi connectivity index (χ0n) is 14.0. The number of rotatable bonds is 4. The van der Waals surface area contributed by atoms with Crippen molar-refractivity contribution >= 4 is 11.6 Å². The molecule has 2 rings (SSSR count). The average molecular weight is 307 g/mol. The minimum Gasteiger partial charge on any atom is -0.382 e. The molecule has 1 amide bonds. The number of ether oxygens (including phenoxy) is 2. The molecule has 0 aromatic carbocycles. The molecule has 1 aliphatic rings. The maximum atomic E-state index is 12.9. The van der Waals surface area contributed by atoms with Gasteiger partial charge in [-0.05, 0) is 19.9 Å². The molecular formula is C16H25N3O3. The summed E-state index contributed by atoms with van der Waals surface area (Å²) < 4.78 is 11.2. The minimum absolute atomic E-state index is 0.0192. The van der Waals surface area contributed by atoms with E-state index in [1.54, 1.807) is 19.5 Å². The highest BCUT2D eigenvalue weighted by Gasteiger charge is 2.36. The van der Waals surface area contributed by atoms with Crippen molar-refractivity contribution in [1.29, 1.82) is 0 Å². The predicted molar refractivity (Wildman–Crippen MR) is 85.3 cm³/mol. The maximum Gasteiger partial charge on any atom is 0.257 e. The van der Waals surface area contributed by atoms with Crippen molar-refractivity contribution in [2.45, 2.75) is 25.6 Å². The van der Waals surface area contributed by atoms with Crippen LogP contribution in [0.2, 0.25) is 0 Å². The molecule has 6 heteroatoms. The van der Waals surface area contributed by atoms with Crippen molar-refractivity contribution in [3.8, 4) is 0 Å². The fourth-order valence-corrected chi connectivity index (χ4v) is 2.84. The Kier molecular flexibility index (Phi) is 5.03. The van der Waals surface area contributed by atoms with Crippen molar-refractivity contribution in [2.75, 3.05) is 45.8 Å². The molecule has 122 valence electrons. The van der Waals surface area contributed by atoms with E-state index in [0.717, 1.165) is 5.69 Å². The Morgan fingerprint density at radius 1 is 1.55 bits per heavy atom. The summed E-state index contributed by atoms with van der Waals surface area (Å²) in [6.07, 6.45) is 3.21. The molecule has 1 saturated heterocycles. The fourth-order valence-electron chi connectivity index (χ4n) is 2.84. The van der Waals surface area contributed by atoms with Gasteiger partial charge in [-0.25, -0.2) is 0 Å². The van der Waals surface area contributed by atoms with Crippen LogP contribution in [0.5, 0.6) is 0 Å². The van der Waals surface area contributed by atoms with E-state index in [0.29, 0.717) is 25.3 Å². The van der Waals surface area contributed by atoms with Crippen LogP contribution in [0.25, 0.3) is 0 Å². The first kappa shape index (κ1) is 16.7. The molecule has 0 radical (unpaired) electrons. The van der Waals surface area contributed by atoms with Gasteiger partial charge < -0.3 is 19.3 Å². The molecule has 1 aromatic rings. The molecule has 0 spiro atoms. The minimum atomic E-state index is -0.391. The molecule has 1 aliphatic heterocycles. The van der Waals surface area contributed by atoms with Gasteiger partial charge in [0, 0.05) is 46.7 Å². The first-order valence-electron chi connectivity index (χ1n) is 7.41. The smallest absolute Gasteiger partial charge is 0.257 e. The van der Waals surface area contributed by atoms with Gasteiger partial charge in [0.25, 0.3) is 5.91 Å². The number of pyridine rings is 1. The van der Waals surface area contributed by atoms with E-state index in [2.05, 4.69) is 4.98 Å². The van der Waals surface area contributed by atoms with E-state index in [1.807, 2.05) is 43.8 Å². The van der Waals surface area contributed by atoms with Gasteiger partial charge in [0.1, 0.15) is 0 Å². The zero-order chi connectivity index (χ0) is 16.3. The third-order valence-electron chi connectivity index (χ3n) is 3.63. The molecule has 0 saturated carbocycles. The molecule has 1 aromatic heterocycles. The quantitative estimate of drug-likeness (QED) is 0.842. The van der Waals surface area contributed by atoms with Gasteiger partial charge in [-0.15, -0.1) is 0 Å². The number of nitrogens with zero attached hydrogens (tertiary/aromatic N) is 3. The van der Waals surface area contributed by atoms with Crippen molar-refractivity contribution in [2.24, 2.45) is 0 Å². The predicted octanol–water partition coefficient (Wildman–Crippen LogP) is 1.41. The second-order valence-electron chi connectivity index (χ2n) is 6.43. The van der Waals surface area contributed by atoms with Gasteiger partial charge in [-0.1, -0.05) is 0 Å². The molecule has 0 aliphatic carbocycles. The summed E-state index contributed by atoms with van der Waals surface area (Å²) in [4.78, 5) is 20.8. The monoisotopic (exact) mass is 307 g/mol. The highest BCUT2D eigenvalue weighted by atomic mass is 16.5. The van der Waals surface area contributed by atoms with Gasteiger partial charge in [0.05, 0.1) is 29.6 Å². The molecule has 1 fully saturated rings. The SMILES string of the molecule is COC[C@@H]1CN(C(=O)c2cnccc2N(C)C)CC(C)(C)O1. The van der Waals surface area contributed by atoms with Crippen LogP contribution >= 0.6 is 0 Å². The summed E-state index contributed by atoms with van der Waals surface area (Å²) in [5, 5.41) is 0.